The maximum atomic E-state index is 15.1. The van der Waals surface area contributed by atoms with Gasteiger partial charge in [-0.2, -0.15) is 5.10 Å². The maximum Gasteiger partial charge on any atom is 0.152 e. The van der Waals surface area contributed by atoms with Crippen LogP contribution in [0.3, 0.4) is 0 Å². The summed E-state index contributed by atoms with van der Waals surface area (Å²) in [5.74, 6) is 0. The zero-order valence-electron chi connectivity index (χ0n) is 11.9. The first-order chi connectivity index (χ1) is 8.92. The van der Waals surface area contributed by atoms with Crippen molar-refractivity contribution in [1.82, 2.24) is 15.1 Å². The molecule has 2 rings (SSSR count). The van der Waals surface area contributed by atoms with Crippen molar-refractivity contribution in [3.05, 3.63) is 16.9 Å². The molecule has 2 atom stereocenters. The van der Waals surface area contributed by atoms with Gasteiger partial charge in [0.15, 0.2) is 5.67 Å². The van der Waals surface area contributed by atoms with E-state index in [-0.39, 0.29) is 12.1 Å². The molecule has 1 fully saturated rings. The Balaban J connectivity index is 2.20. The second kappa shape index (κ2) is 5.80. The molecule has 0 amide bonds. The predicted octanol–water partition coefficient (Wildman–Crippen LogP) is 3.83. The fourth-order valence-electron chi connectivity index (χ4n) is 2.88. The van der Waals surface area contributed by atoms with Gasteiger partial charge in [-0.15, -0.1) is 0 Å². The standard InChI is InChI=1S/C14H23ClFN3/c1-10(2)19-13(12(15)9-18-19)14(3,16)8-11-6-4-5-7-17-11/h9-11,17H,4-8H2,1-3H3. The van der Waals surface area contributed by atoms with E-state index in [9.17, 15) is 0 Å². The number of nitrogens with one attached hydrogen (secondary N) is 1. The molecular weight excluding hydrogens is 265 g/mol. The quantitative estimate of drug-likeness (QED) is 0.912. The number of aromatic nitrogens is 2. The molecule has 1 N–H and O–H groups in total. The van der Waals surface area contributed by atoms with E-state index < -0.39 is 5.67 Å². The van der Waals surface area contributed by atoms with Gasteiger partial charge in [0.25, 0.3) is 0 Å². The van der Waals surface area contributed by atoms with Crippen LogP contribution in [-0.4, -0.2) is 22.4 Å². The highest BCUT2D eigenvalue weighted by atomic mass is 35.5. The van der Waals surface area contributed by atoms with Gasteiger partial charge in [0, 0.05) is 18.5 Å². The van der Waals surface area contributed by atoms with Crippen molar-refractivity contribution in [3.8, 4) is 0 Å². The van der Waals surface area contributed by atoms with Crippen molar-refractivity contribution >= 4 is 11.6 Å². The minimum atomic E-state index is -1.45. The summed E-state index contributed by atoms with van der Waals surface area (Å²) < 4.78 is 16.8. The normalized spacial score (nSPS) is 23.6. The van der Waals surface area contributed by atoms with Gasteiger partial charge in [0.2, 0.25) is 0 Å². The summed E-state index contributed by atoms with van der Waals surface area (Å²) in [6.45, 7) is 6.58. The first-order valence-electron chi connectivity index (χ1n) is 7.07. The Morgan fingerprint density at radius 3 is 2.89 bits per heavy atom. The van der Waals surface area contributed by atoms with Crippen molar-refractivity contribution in [1.29, 1.82) is 0 Å². The van der Waals surface area contributed by atoms with E-state index in [2.05, 4.69) is 10.4 Å². The van der Waals surface area contributed by atoms with Gasteiger partial charge in [0.1, 0.15) is 0 Å². The van der Waals surface area contributed by atoms with E-state index in [0.29, 0.717) is 17.1 Å². The number of hydrogen-bond acceptors (Lipinski definition) is 2. The summed E-state index contributed by atoms with van der Waals surface area (Å²) in [6, 6.07) is 0.340. The molecule has 0 spiro atoms. The van der Waals surface area contributed by atoms with Crippen molar-refractivity contribution in [2.45, 2.75) is 64.2 Å². The fraction of sp³-hybridized carbons (Fsp3) is 0.786. The van der Waals surface area contributed by atoms with E-state index >= 15 is 4.39 Å². The average Bonchev–Trinajstić information content (AvgIpc) is 2.73. The van der Waals surface area contributed by atoms with E-state index in [1.807, 2.05) is 13.8 Å². The van der Waals surface area contributed by atoms with Gasteiger partial charge in [-0.3, -0.25) is 4.68 Å². The molecule has 1 aliphatic rings. The van der Waals surface area contributed by atoms with Crippen LogP contribution in [-0.2, 0) is 5.67 Å². The Kier molecular flexibility index (Phi) is 4.51. The monoisotopic (exact) mass is 287 g/mol. The number of piperidine rings is 1. The highest BCUT2D eigenvalue weighted by molar-refractivity contribution is 6.31. The molecule has 3 nitrogen and oxygen atoms in total. The third-order valence-corrected chi connectivity index (χ3v) is 4.05. The molecule has 1 aromatic heterocycles. The summed E-state index contributed by atoms with van der Waals surface area (Å²) in [7, 11) is 0. The average molecular weight is 288 g/mol. The molecule has 1 aliphatic heterocycles. The van der Waals surface area contributed by atoms with Crippen molar-refractivity contribution in [2.24, 2.45) is 0 Å². The maximum absolute atomic E-state index is 15.1. The molecule has 0 bridgehead atoms. The van der Waals surface area contributed by atoms with E-state index in [1.54, 1.807) is 17.8 Å². The second-order valence-corrected chi connectivity index (χ2v) is 6.34. The Morgan fingerprint density at radius 2 is 2.32 bits per heavy atom. The number of alkyl halides is 1. The predicted molar refractivity (Wildman–Crippen MR) is 76.3 cm³/mol. The highest BCUT2D eigenvalue weighted by Crippen LogP contribution is 2.37. The van der Waals surface area contributed by atoms with Crippen molar-refractivity contribution in [3.63, 3.8) is 0 Å². The Morgan fingerprint density at radius 1 is 1.58 bits per heavy atom. The smallest absolute Gasteiger partial charge is 0.152 e. The van der Waals surface area contributed by atoms with Crippen LogP contribution in [0.25, 0.3) is 0 Å². The van der Waals surface area contributed by atoms with E-state index in [1.165, 1.54) is 12.8 Å². The van der Waals surface area contributed by atoms with Crippen LogP contribution >= 0.6 is 11.6 Å². The topological polar surface area (TPSA) is 29.9 Å². The molecule has 0 aliphatic carbocycles. The Bertz CT molecular complexity index is 422. The number of rotatable bonds is 4. The van der Waals surface area contributed by atoms with Gasteiger partial charge in [0.05, 0.1) is 16.9 Å². The summed E-state index contributed by atoms with van der Waals surface area (Å²) in [5.41, 5.74) is -0.941. The molecule has 1 saturated heterocycles. The van der Waals surface area contributed by atoms with E-state index in [0.717, 1.165) is 13.0 Å². The first-order valence-corrected chi connectivity index (χ1v) is 7.45. The molecule has 1 aromatic rings. The summed E-state index contributed by atoms with van der Waals surface area (Å²) >= 11 is 6.15. The molecule has 19 heavy (non-hydrogen) atoms. The molecule has 5 heteroatoms. The third kappa shape index (κ3) is 3.29. The van der Waals surface area contributed by atoms with Crippen molar-refractivity contribution < 1.29 is 4.39 Å². The molecule has 2 heterocycles. The summed E-state index contributed by atoms with van der Waals surface area (Å²) in [5, 5.41) is 8.02. The SMILES string of the molecule is CC(C)n1ncc(Cl)c1C(C)(F)CC1CCCCN1. The Labute approximate surface area is 119 Å². The number of nitrogens with zero attached hydrogens (tertiary/aromatic N) is 2. The lowest BCUT2D eigenvalue weighted by atomic mass is 9.90. The molecule has 108 valence electrons. The van der Waals surface area contributed by atoms with Crippen molar-refractivity contribution in [2.75, 3.05) is 6.54 Å². The number of hydrogen-bond donors (Lipinski definition) is 1. The fourth-order valence-corrected chi connectivity index (χ4v) is 3.21. The van der Waals surface area contributed by atoms with Crippen LogP contribution in [0.4, 0.5) is 4.39 Å². The van der Waals surface area contributed by atoms with Gasteiger partial charge >= 0.3 is 0 Å². The van der Waals surface area contributed by atoms with Crippen LogP contribution in [0.1, 0.15) is 58.2 Å². The highest BCUT2D eigenvalue weighted by Gasteiger charge is 2.36. The lowest BCUT2D eigenvalue weighted by Crippen LogP contribution is -2.39. The van der Waals surface area contributed by atoms with Gasteiger partial charge in [-0.25, -0.2) is 4.39 Å². The Hall–Kier alpha value is -0.610. The van der Waals surface area contributed by atoms with Gasteiger partial charge in [-0.1, -0.05) is 18.0 Å². The molecule has 2 unspecified atom stereocenters. The zero-order valence-corrected chi connectivity index (χ0v) is 12.7. The minimum Gasteiger partial charge on any atom is -0.314 e. The van der Waals surface area contributed by atoms with Gasteiger partial charge in [-0.05, 0) is 40.2 Å². The third-order valence-electron chi connectivity index (χ3n) is 3.78. The number of halogens is 2. The van der Waals surface area contributed by atoms with E-state index in [4.69, 9.17) is 11.6 Å². The van der Waals surface area contributed by atoms with Crippen LogP contribution in [0, 0.1) is 0 Å². The lowest BCUT2D eigenvalue weighted by molar-refractivity contribution is 0.132. The first kappa shape index (κ1) is 14.8. The van der Waals surface area contributed by atoms with Gasteiger partial charge < -0.3 is 5.32 Å². The molecule has 0 radical (unpaired) electrons. The molecule has 0 aromatic carbocycles. The summed E-state index contributed by atoms with van der Waals surface area (Å²) in [4.78, 5) is 0. The molecular formula is C14H23ClFN3. The van der Waals surface area contributed by atoms with Crippen LogP contribution in [0.15, 0.2) is 6.20 Å². The van der Waals surface area contributed by atoms with Crippen LogP contribution < -0.4 is 5.32 Å². The van der Waals surface area contributed by atoms with Crippen LogP contribution in [0.2, 0.25) is 5.02 Å². The second-order valence-electron chi connectivity index (χ2n) is 5.93. The van der Waals surface area contributed by atoms with Crippen LogP contribution in [0.5, 0.6) is 0 Å². The lowest BCUT2D eigenvalue weighted by Gasteiger charge is -2.31. The molecule has 0 saturated carbocycles. The summed E-state index contributed by atoms with van der Waals surface area (Å²) in [6.07, 6.45) is 5.39. The minimum absolute atomic E-state index is 0.108. The largest absolute Gasteiger partial charge is 0.314 e. The zero-order chi connectivity index (χ0) is 14.0.